The highest BCUT2D eigenvalue weighted by atomic mass is 79.9. The maximum Gasteiger partial charge on any atom is 0.0546 e. The molecule has 1 aliphatic rings. The van der Waals surface area contributed by atoms with Gasteiger partial charge in [0.15, 0.2) is 0 Å². The van der Waals surface area contributed by atoms with Crippen molar-refractivity contribution in [2.24, 2.45) is 0 Å². The number of fused-ring (bicyclic) bond motifs is 3. The first-order valence-corrected chi connectivity index (χ1v) is 14.3. The summed E-state index contributed by atoms with van der Waals surface area (Å²) in [7, 11) is 0. The minimum absolute atomic E-state index is 1.09. The standard InChI is InChI=1S/C38H24BrN/c39-31-20-17-25(18-21-31)28-11-3-12-29(23-28)30-19-22-36-34(24-30)33-14-4-9-27-10-6-16-37(38(27)33)40(36)35-15-5-8-26-7-1-2-13-32(26)35/h1-24H. The lowest BCUT2D eigenvalue weighted by molar-refractivity contribution is 1.30. The fourth-order valence-electron chi connectivity index (χ4n) is 6.17. The maximum absolute atomic E-state index is 3.56. The second kappa shape index (κ2) is 9.22. The average molecular weight is 575 g/mol. The molecule has 0 radical (unpaired) electrons. The van der Waals surface area contributed by atoms with Gasteiger partial charge in [-0.1, -0.05) is 119 Å². The van der Waals surface area contributed by atoms with Crippen molar-refractivity contribution < 1.29 is 0 Å². The Hall–Kier alpha value is -4.66. The fourth-order valence-corrected chi connectivity index (χ4v) is 6.44. The Balaban J connectivity index is 1.36. The zero-order chi connectivity index (χ0) is 26.6. The third kappa shape index (κ3) is 3.68. The largest absolute Gasteiger partial charge is 0.309 e. The van der Waals surface area contributed by atoms with E-state index in [0.717, 1.165) is 4.47 Å². The molecule has 8 rings (SSSR count). The molecule has 0 N–H and O–H groups in total. The molecule has 2 heteroatoms. The Morgan fingerprint density at radius 2 is 1.02 bits per heavy atom. The number of halogens is 1. The van der Waals surface area contributed by atoms with Gasteiger partial charge in [0.25, 0.3) is 0 Å². The number of hydrogen-bond donors (Lipinski definition) is 0. The zero-order valence-corrected chi connectivity index (χ0v) is 23.3. The second-order valence-corrected chi connectivity index (χ2v) is 11.2. The van der Waals surface area contributed by atoms with Gasteiger partial charge in [0.1, 0.15) is 0 Å². The number of anilines is 3. The van der Waals surface area contributed by atoms with Crippen molar-refractivity contribution in [3.8, 4) is 33.4 Å². The zero-order valence-electron chi connectivity index (χ0n) is 21.7. The third-order valence-electron chi connectivity index (χ3n) is 8.03. The van der Waals surface area contributed by atoms with Gasteiger partial charge in [-0.2, -0.15) is 0 Å². The molecule has 40 heavy (non-hydrogen) atoms. The quantitative estimate of drug-likeness (QED) is 0.203. The Morgan fingerprint density at radius 3 is 1.88 bits per heavy atom. The first-order valence-electron chi connectivity index (χ1n) is 13.5. The summed E-state index contributed by atoms with van der Waals surface area (Å²) in [5.41, 5.74) is 11.0. The summed E-state index contributed by atoms with van der Waals surface area (Å²) in [6.45, 7) is 0. The molecule has 0 saturated carbocycles. The van der Waals surface area contributed by atoms with Crippen LogP contribution in [-0.4, -0.2) is 0 Å². The highest BCUT2D eigenvalue weighted by Gasteiger charge is 2.27. The molecule has 0 fully saturated rings. The van der Waals surface area contributed by atoms with Crippen molar-refractivity contribution in [3.05, 3.63) is 150 Å². The van der Waals surface area contributed by atoms with Crippen LogP contribution in [0.25, 0.3) is 54.9 Å². The molecule has 0 spiro atoms. The van der Waals surface area contributed by atoms with Crippen LogP contribution in [0.15, 0.2) is 150 Å². The Morgan fingerprint density at radius 1 is 0.400 bits per heavy atom. The molecule has 0 aromatic heterocycles. The molecular formula is C38H24BrN. The first kappa shape index (κ1) is 23.2. The van der Waals surface area contributed by atoms with Gasteiger partial charge >= 0.3 is 0 Å². The molecule has 1 nitrogen and oxygen atoms in total. The number of benzene rings is 7. The molecular weight excluding hydrogens is 550 g/mol. The lowest BCUT2D eigenvalue weighted by Crippen LogP contribution is -2.15. The van der Waals surface area contributed by atoms with Crippen molar-refractivity contribution in [1.82, 2.24) is 0 Å². The van der Waals surface area contributed by atoms with Gasteiger partial charge in [0.2, 0.25) is 0 Å². The molecule has 0 atom stereocenters. The van der Waals surface area contributed by atoms with E-state index in [2.05, 4.69) is 166 Å². The smallest absolute Gasteiger partial charge is 0.0546 e. The van der Waals surface area contributed by atoms with Crippen molar-refractivity contribution in [2.45, 2.75) is 0 Å². The van der Waals surface area contributed by atoms with Gasteiger partial charge in [0, 0.05) is 20.8 Å². The third-order valence-corrected chi connectivity index (χ3v) is 8.56. The van der Waals surface area contributed by atoms with Crippen molar-refractivity contribution in [1.29, 1.82) is 0 Å². The van der Waals surface area contributed by atoms with Gasteiger partial charge in [-0.3, -0.25) is 0 Å². The topological polar surface area (TPSA) is 3.24 Å². The van der Waals surface area contributed by atoms with Crippen LogP contribution in [0.1, 0.15) is 0 Å². The Kier molecular flexibility index (Phi) is 5.36. The van der Waals surface area contributed by atoms with E-state index < -0.39 is 0 Å². The molecule has 1 heterocycles. The lowest BCUT2D eigenvalue weighted by Gasteiger charge is -2.34. The van der Waals surface area contributed by atoms with Gasteiger partial charge in [-0.05, 0) is 81.1 Å². The second-order valence-electron chi connectivity index (χ2n) is 10.3. The van der Waals surface area contributed by atoms with Crippen LogP contribution in [0.2, 0.25) is 0 Å². The lowest BCUT2D eigenvalue weighted by atomic mass is 9.88. The summed E-state index contributed by atoms with van der Waals surface area (Å²) in [6.07, 6.45) is 0. The van der Waals surface area contributed by atoms with E-state index in [0.29, 0.717) is 0 Å². The van der Waals surface area contributed by atoms with Gasteiger partial charge in [-0.15, -0.1) is 0 Å². The minimum atomic E-state index is 1.09. The summed E-state index contributed by atoms with van der Waals surface area (Å²) in [6, 6.07) is 52.9. The van der Waals surface area contributed by atoms with Gasteiger partial charge < -0.3 is 4.90 Å². The minimum Gasteiger partial charge on any atom is -0.309 e. The molecule has 7 aromatic rings. The van der Waals surface area contributed by atoms with Gasteiger partial charge in [-0.25, -0.2) is 0 Å². The van der Waals surface area contributed by atoms with Crippen LogP contribution in [0.4, 0.5) is 17.1 Å². The monoisotopic (exact) mass is 573 g/mol. The molecule has 0 saturated heterocycles. The number of nitrogens with zero attached hydrogens (tertiary/aromatic N) is 1. The molecule has 0 bridgehead atoms. The molecule has 0 amide bonds. The Labute approximate surface area is 242 Å². The fraction of sp³-hybridized carbons (Fsp3) is 0. The van der Waals surface area contributed by atoms with Crippen LogP contribution < -0.4 is 4.90 Å². The highest BCUT2D eigenvalue weighted by molar-refractivity contribution is 9.10. The van der Waals surface area contributed by atoms with E-state index in [1.807, 2.05) is 0 Å². The molecule has 7 aromatic carbocycles. The van der Waals surface area contributed by atoms with Crippen molar-refractivity contribution in [2.75, 3.05) is 4.90 Å². The van der Waals surface area contributed by atoms with E-state index >= 15 is 0 Å². The van der Waals surface area contributed by atoms with Gasteiger partial charge in [0.05, 0.1) is 17.1 Å². The van der Waals surface area contributed by atoms with Crippen molar-refractivity contribution >= 4 is 54.5 Å². The molecule has 0 aliphatic carbocycles. The normalized spacial score (nSPS) is 12.1. The maximum atomic E-state index is 3.56. The number of hydrogen-bond acceptors (Lipinski definition) is 1. The van der Waals surface area contributed by atoms with Crippen LogP contribution in [-0.2, 0) is 0 Å². The molecule has 1 aliphatic heterocycles. The average Bonchev–Trinajstić information content (AvgIpc) is 3.02. The number of rotatable bonds is 3. The van der Waals surface area contributed by atoms with Crippen LogP contribution in [0.3, 0.4) is 0 Å². The summed E-state index contributed by atoms with van der Waals surface area (Å²) < 4.78 is 1.09. The van der Waals surface area contributed by atoms with Crippen LogP contribution in [0, 0.1) is 0 Å². The predicted molar refractivity (Wildman–Crippen MR) is 174 cm³/mol. The Bertz CT molecular complexity index is 2060. The summed E-state index contributed by atoms with van der Waals surface area (Å²) in [5.74, 6) is 0. The van der Waals surface area contributed by atoms with E-state index in [1.54, 1.807) is 0 Å². The summed E-state index contributed by atoms with van der Waals surface area (Å²) in [5, 5.41) is 5.05. The van der Waals surface area contributed by atoms with E-state index in [1.165, 1.54) is 72.0 Å². The van der Waals surface area contributed by atoms with E-state index in [-0.39, 0.29) is 0 Å². The highest BCUT2D eigenvalue weighted by Crippen LogP contribution is 2.52. The van der Waals surface area contributed by atoms with Crippen molar-refractivity contribution in [3.63, 3.8) is 0 Å². The summed E-state index contributed by atoms with van der Waals surface area (Å²) in [4.78, 5) is 2.45. The van der Waals surface area contributed by atoms with Crippen LogP contribution >= 0.6 is 15.9 Å². The first-order chi connectivity index (χ1) is 19.7. The van der Waals surface area contributed by atoms with Crippen LogP contribution in [0.5, 0.6) is 0 Å². The molecule has 188 valence electrons. The SMILES string of the molecule is Brc1ccc(-c2cccc(-c3ccc4c(c3)-c3cccc5cccc(c35)N4c3cccc4ccccc34)c2)cc1. The van der Waals surface area contributed by atoms with E-state index in [9.17, 15) is 0 Å². The molecule has 0 unspecified atom stereocenters. The van der Waals surface area contributed by atoms with E-state index in [4.69, 9.17) is 0 Å². The predicted octanol–water partition coefficient (Wildman–Crippen LogP) is 11.5. The summed E-state index contributed by atoms with van der Waals surface area (Å²) >= 11 is 3.56.